The molecule has 0 aliphatic carbocycles. The molecular weight excluding hydrogens is 342 g/mol. The lowest BCUT2D eigenvalue weighted by atomic mass is 10.1. The van der Waals surface area contributed by atoms with E-state index >= 15 is 0 Å². The van der Waals surface area contributed by atoms with Gasteiger partial charge in [0.15, 0.2) is 0 Å². The second-order valence-corrected chi connectivity index (χ2v) is 5.79. The predicted octanol–water partition coefficient (Wildman–Crippen LogP) is 2.56. The highest BCUT2D eigenvalue weighted by Crippen LogP contribution is 2.20. The minimum absolute atomic E-state index is 0.220. The first-order chi connectivity index (χ1) is 13.2. The number of ether oxygens (including phenoxy) is 1. The SMILES string of the molecule is CNC(=O)c1ccc(-c2cc(NCCc3ccccc3OC)ncn2)cn1. The summed E-state index contributed by atoms with van der Waals surface area (Å²) in [5.41, 5.74) is 3.06. The Morgan fingerprint density at radius 3 is 2.70 bits per heavy atom. The molecule has 27 heavy (non-hydrogen) atoms. The number of nitrogens with one attached hydrogen (secondary N) is 2. The number of benzene rings is 1. The molecule has 0 radical (unpaired) electrons. The Kier molecular flexibility index (Phi) is 5.94. The molecule has 2 N–H and O–H groups in total. The van der Waals surface area contributed by atoms with Gasteiger partial charge in [0.2, 0.25) is 0 Å². The van der Waals surface area contributed by atoms with Gasteiger partial charge in [0.25, 0.3) is 5.91 Å². The van der Waals surface area contributed by atoms with Crippen molar-refractivity contribution in [3.63, 3.8) is 0 Å². The summed E-state index contributed by atoms with van der Waals surface area (Å²) < 4.78 is 5.37. The van der Waals surface area contributed by atoms with E-state index in [0.29, 0.717) is 12.2 Å². The minimum Gasteiger partial charge on any atom is -0.496 e. The fraction of sp³-hybridized carbons (Fsp3) is 0.200. The van der Waals surface area contributed by atoms with Crippen LogP contribution in [-0.4, -0.2) is 41.6 Å². The van der Waals surface area contributed by atoms with Crippen LogP contribution in [0.2, 0.25) is 0 Å². The number of hydrogen-bond acceptors (Lipinski definition) is 6. The van der Waals surface area contributed by atoms with Crippen molar-refractivity contribution < 1.29 is 9.53 Å². The third kappa shape index (κ3) is 4.58. The van der Waals surface area contributed by atoms with Gasteiger partial charge in [-0.2, -0.15) is 0 Å². The molecule has 1 aromatic carbocycles. The monoisotopic (exact) mass is 363 g/mol. The molecule has 0 fully saturated rings. The maximum atomic E-state index is 11.6. The third-order valence-corrected chi connectivity index (χ3v) is 4.08. The van der Waals surface area contributed by atoms with Gasteiger partial charge in [-0.25, -0.2) is 9.97 Å². The number of aromatic nitrogens is 3. The largest absolute Gasteiger partial charge is 0.496 e. The number of pyridine rings is 1. The molecule has 7 nitrogen and oxygen atoms in total. The van der Waals surface area contributed by atoms with Crippen LogP contribution in [0.5, 0.6) is 5.75 Å². The highest BCUT2D eigenvalue weighted by Gasteiger charge is 2.07. The molecule has 2 heterocycles. The topological polar surface area (TPSA) is 89.0 Å². The molecule has 138 valence electrons. The van der Waals surface area contributed by atoms with Gasteiger partial charge in [0.1, 0.15) is 23.6 Å². The number of hydrogen-bond donors (Lipinski definition) is 2. The summed E-state index contributed by atoms with van der Waals surface area (Å²) in [6, 6.07) is 13.3. The molecule has 0 bridgehead atoms. The van der Waals surface area contributed by atoms with Crippen LogP contribution in [-0.2, 0) is 6.42 Å². The summed E-state index contributed by atoms with van der Waals surface area (Å²) in [5, 5.41) is 5.85. The van der Waals surface area contributed by atoms with E-state index in [1.54, 1.807) is 26.4 Å². The molecule has 7 heteroatoms. The normalized spacial score (nSPS) is 10.3. The molecule has 0 saturated carbocycles. The van der Waals surface area contributed by atoms with E-state index < -0.39 is 0 Å². The predicted molar refractivity (Wildman–Crippen MR) is 104 cm³/mol. The van der Waals surface area contributed by atoms with Crippen molar-refractivity contribution in [1.82, 2.24) is 20.3 Å². The average Bonchev–Trinajstić information content (AvgIpc) is 2.74. The van der Waals surface area contributed by atoms with Gasteiger partial charge in [-0.1, -0.05) is 18.2 Å². The smallest absolute Gasteiger partial charge is 0.269 e. The minimum atomic E-state index is -0.220. The van der Waals surface area contributed by atoms with E-state index in [1.165, 1.54) is 6.33 Å². The van der Waals surface area contributed by atoms with Gasteiger partial charge in [-0.3, -0.25) is 9.78 Å². The fourth-order valence-electron chi connectivity index (χ4n) is 2.65. The number of nitrogens with zero attached hydrogens (tertiary/aromatic N) is 3. The first-order valence-corrected chi connectivity index (χ1v) is 8.57. The zero-order valence-electron chi connectivity index (χ0n) is 15.3. The fourth-order valence-corrected chi connectivity index (χ4v) is 2.65. The first kappa shape index (κ1) is 18.3. The number of amides is 1. The molecule has 0 unspecified atom stereocenters. The van der Waals surface area contributed by atoms with Crippen molar-refractivity contribution in [2.45, 2.75) is 6.42 Å². The maximum Gasteiger partial charge on any atom is 0.269 e. The number of carbonyl (C=O) groups is 1. The molecule has 3 aromatic rings. The summed E-state index contributed by atoms with van der Waals surface area (Å²) in [7, 11) is 3.25. The van der Waals surface area contributed by atoms with Crippen molar-refractivity contribution in [1.29, 1.82) is 0 Å². The zero-order valence-corrected chi connectivity index (χ0v) is 15.3. The van der Waals surface area contributed by atoms with Crippen molar-refractivity contribution in [3.05, 3.63) is 66.2 Å². The lowest BCUT2D eigenvalue weighted by Gasteiger charge is -2.10. The number of anilines is 1. The molecule has 0 aliphatic heterocycles. The molecule has 0 spiro atoms. The maximum absolute atomic E-state index is 11.6. The van der Waals surface area contributed by atoms with Crippen molar-refractivity contribution in [2.75, 3.05) is 26.0 Å². The Morgan fingerprint density at radius 2 is 1.96 bits per heavy atom. The van der Waals surface area contributed by atoms with E-state index in [4.69, 9.17) is 4.74 Å². The number of carbonyl (C=O) groups excluding carboxylic acids is 1. The molecule has 0 saturated heterocycles. The van der Waals surface area contributed by atoms with Crippen molar-refractivity contribution in [3.8, 4) is 17.0 Å². The van der Waals surface area contributed by atoms with E-state index in [1.807, 2.05) is 36.4 Å². The molecular formula is C20H21N5O2. The Labute approximate surface area is 157 Å². The molecule has 2 aromatic heterocycles. The Balaban J connectivity index is 1.66. The Hall–Kier alpha value is -3.48. The highest BCUT2D eigenvalue weighted by molar-refractivity contribution is 5.92. The standard InChI is InChI=1S/C20H21N5O2/c1-21-20(26)16-8-7-15(12-23-16)17-11-19(25-13-24-17)22-10-9-14-5-3-4-6-18(14)27-2/h3-8,11-13H,9-10H2,1-2H3,(H,21,26)(H,22,24,25). The van der Waals surface area contributed by atoms with Crippen LogP contribution in [0.15, 0.2) is 55.0 Å². The average molecular weight is 363 g/mol. The van der Waals surface area contributed by atoms with E-state index in [9.17, 15) is 4.79 Å². The summed E-state index contributed by atoms with van der Waals surface area (Å²) in [4.78, 5) is 24.3. The second kappa shape index (κ2) is 8.75. The van der Waals surface area contributed by atoms with E-state index in [0.717, 1.165) is 34.8 Å². The van der Waals surface area contributed by atoms with Gasteiger partial charge in [-0.05, 0) is 30.2 Å². The second-order valence-electron chi connectivity index (χ2n) is 5.79. The number of methoxy groups -OCH3 is 1. The third-order valence-electron chi connectivity index (χ3n) is 4.08. The van der Waals surface area contributed by atoms with Gasteiger partial charge in [0.05, 0.1) is 12.8 Å². The van der Waals surface area contributed by atoms with Crippen LogP contribution in [0.4, 0.5) is 5.82 Å². The van der Waals surface area contributed by atoms with Crippen LogP contribution in [0, 0.1) is 0 Å². The Morgan fingerprint density at radius 1 is 1.11 bits per heavy atom. The number of rotatable bonds is 7. The zero-order chi connectivity index (χ0) is 19.1. The summed E-state index contributed by atoms with van der Waals surface area (Å²) in [6.45, 7) is 0.713. The van der Waals surface area contributed by atoms with Crippen LogP contribution < -0.4 is 15.4 Å². The number of para-hydroxylation sites is 1. The van der Waals surface area contributed by atoms with Gasteiger partial charge in [-0.15, -0.1) is 0 Å². The van der Waals surface area contributed by atoms with Crippen LogP contribution in [0.3, 0.4) is 0 Å². The van der Waals surface area contributed by atoms with E-state index in [2.05, 4.69) is 25.6 Å². The lowest BCUT2D eigenvalue weighted by molar-refractivity contribution is 0.0958. The van der Waals surface area contributed by atoms with E-state index in [-0.39, 0.29) is 5.91 Å². The van der Waals surface area contributed by atoms with Crippen LogP contribution in [0.1, 0.15) is 16.1 Å². The molecule has 0 aliphatic rings. The molecule has 3 rings (SSSR count). The highest BCUT2D eigenvalue weighted by atomic mass is 16.5. The summed E-state index contributed by atoms with van der Waals surface area (Å²) in [6.07, 6.45) is 3.95. The van der Waals surface area contributed by atoms with Gasteiger partial charge >= 0.3 is 0 Å². The summed E-state index contributed by atoms with van der Waals surface area (Å²) >= 11 is 0. The van der Waals surface area contributed by atoms with Crippen molar-refractivity contribution >= 4 is 11.7 Å². The molecule has 0 atom stereocenters. The van der Waals surface area contributed by atoms with Gasteiger partial charge in [0, 0.05) is 31.4 Å². The lowest BCUT2D eigenvalue weighted by Crippen LogP contribution is -2.18. The quantitative estimate of drug-likeness (QED) is 0.671. The summed E-state index contributed by atoms with van der Waals surface area (Å²) in [5.74, 6) is 1.39. The van der Waals surface area contributed by atoms with Crippen molar-refractivity contribution in [2.24, 2.45) is 0 Å². The first-order valence-electron chi connectivity index (χ1n) is 8.57. The Bertz CT molecular complexity index is 912. The van der Waals surface area contributed by atoms with Crippen LogP contribution in [0.25, 0.3) is 11.3 Å². The van der Waals surface area contributed by atoms with Crippen LogP contribution >= 0.6 is 0 Å². The van der Waals surface area contributed by atoms with Gasteiger partial charge < -0.3 is 15.4 Å². The molecule has 1 amide bonds.